The molecule has 5 aliphatic carbocycles. The Morgan fingerprint density at radius 1 is 0.805 bits per heavy atom. The number of aliphatic hydroxyl groups excluding tert-OH is 1. The second-order valence-electron chi connectivity index (χ2n) is 16.5. The van der Waals surface area contributed by atoms with Crippen LogP contribution >= 0.6 is 0 Å². The molecule has 0 aromatic heterocycles. The Hall–Kier alpha value is -1.40. The van der Waals surface area contributed by atoms with Crippen LogP contribution < -0.4 is 5.32 Å². The molecule has 5 saturated carbocycles. The van der Waals surface area contributed by atoms with Crippen LogP contribution in [0.15, 0.2) is 12.2 Å². The highest BCUT2D eigenvalue weighted by Crippen LogP contribution is 2.77. The van der Waals surface area contributed by atoms with Crippen molar-refractivity contribution in [2.24, 2.45) is 56.7 Å². The molecule has 0 amide bonds. The summed E-state index contributed by atoms with van der Waals surface area (Å²) in [5, 5.41) is 32.6. The summed E-state index contributed by atoms with van der Waals surface area (Å²) >= 11 is 0. The maximum Gasteiger partial charge on any atom is 0.320 e. The molecule has 6 fully saturated rings. The second kappa shape index (κ2) is 10.4. The Balaban J connectivity index is 0.000000365. The number of fused-ring (bicyclic) bond motifs is 7. The molecule has 0 radical (unpaired) electrons. The van der Waals surface area contributed by atoms with Crippen LogP contribution in [0.2, 0.25) is 0 Å². The Morgan fingerprint density at radius 2 is 1.51 bits per heavy atom. The van der Waals surface area contributed by atoms with Crippen LogP contribution in [0.1, 0.15) is 119 Å². The average Bonchev–Trinajstić information content (AvgIpc) is 3.57. The molecule has 11 atom stereocenters. The number of aliphatic carboxylic acids is 2. The fraction of sp³-hybridized carbons (Fsp3) is 0.886. The van der Waals surface area contributed by atoms with E-state index in [1.165, 1.54) is 31.3 Å². The highest BCUT2D eigenvalue weighted by Gasteiger charge is 2.72. The molecule has 4 N–H and O–H groups in total. The van der Waals surface area contributed by atoms with E-state index in [1.807, 2.05) is 0 Å². The van der Waals surface area contributed by atoms with Gasteiger partial charge in [-0.05, 0) is 142 Å². The van der Waals surface area contributed by atoms with Gasteiger partial charge in [-0.3, -0.25) is 9.59 Å². The summed E-state index contributed by atoms with van der Waals surface area (Å²) in [6, 6.07) is -0.269. The van der Waals surface area contributed by atoms with Crippen LogP contribution in [-0.2, 0) is 9.59 Å². The van der Waals surface area contributed by atoms with Crippen molar-refractivity contribution in [2.75, 3.05) is 6.54 Å². The molecule has 1 saturated heterocycles. The van der Waals surface area contributed by atoms with E-state index in [9.17, 15) is 19.8 Å². The van der Waals surface area contributed by atoms with E-state index in [0.717, 1.165) is 57.9 Å². The maximum atomic E-state index is 12.8. The molecular weight excluding hydrogens is 514 g/mol. The minimum absolute atomic E-state index is 0.0202. The highest BCUT2D eigenvalue weighted by atomic mass is 16.4. The van der Waals surface area contributed by atoms with Gasteiger partial charge in [-0.25, -0.2) is 0 Å². The van der Waals surface area contributed by atoms with Crippen molar-refractivity contribution in [3.63, 3.8) is 0 Å². The summed E-state index contributed by atoms with van der Waals surface area (Å²) in [5.41, 5.74) is 1.35. The summed E-state index contributed by atoms with van der Waals surface area (Å²) < 4.78 is 0. The van der Waals surface area contributed by atoms with Gasteiger partial charge in [0.15, 0.2) is 0 Å². The molecule has 0 spiro atoms. The van der Waals surface area contributed by atoms with Gasteiger partial charge in [0, 0.05) is 0 Å². The monoisotopic (exact) mass is 571 g/mol. The van der Waals surface area contributed by atoms with E-state index in [4.69, 9.17) is 5.11 Å². The van der Waals surface area contributed by atoms with Crippen LogP contribution in [0.3, 0.4) is 0 Å². The highest BCUT2D eigenvalue weighted by molar-refractivity contribution is 5.76. The molecule has 6 nitrogen and oxygen atoms in total. The number of allylic oxidation sites excluding steroid dienone is 1. The molecule has 41 heavy (non-hydrogen) atoms. The van der Waals surface area contributed by atoms with E-state index in [2.05, 4.69) is 53.4 Å². The van der Waals surface area contributed by atoms with Gasteiger partial charge in [0.25, 0.3) is 0 Å². The first-order valence-corrected chi connectivity index (χ1v) is 16.6. The standard InChI is InChI=1S/C30H48O3.C5H9NO2/c1-18(2)19-10-15-30(25(32)33)17-16-28(6)20(24(19)30)8-9-22-27(5)13-12-23(31)26(3,4)21(27)11-14-29(22,28)7;7-5(8)4-2-1-3-6-4/h19-24,31H,1,8-17H2,2-7H3,(H,32,33);4,6H,1-3H2,(H,7,8)/t19-,20+,21-,22+,23-,24+,27-,28+,29+,30-;/m0./s1. The third-order valence-corrected chi connectivity index (χ3v) is 14.8. The minimum atomic E-state index is -0.720. The van der Waals surface area contributed by atoms with Crippen molar-refractivity contribution in [3.8, 4) is 0 Å². The lowest BCUT2D eigenvalue weighted by Gasteiger charge is -2.72. The van der Waals surface area contributed by atoms with Crippen molar-refractivity contribution >= 4 is 11.9 Å². The molecule has 0 aromatic rings. The Bertz CT molecular complexity index is 1060. The van der Waals surface area contributed by atoms with Crippen molar-refractivity contribution in [1.29, 1.82) is 0 Å². The first kappa shape index (κ1) is 31.0. The SMILES string of the molecule is C=C(C)[C@@H]1CC[C@]2(C(=O)O)CC[C@]3(C)[C@H](CC[C@@H]4[C@@]5(C)CC[C@H](O)C(C)(C)[C@@H]5CC[C@]43C)[C@@H]12.O=C(O)C1CCCN1. The second-order valence-corrected chi connectivity index (χ2v) is 16.5. The number of carboxylic acid groups (broad SMARTS) is 2. The first-order valence-electron chi connectivity index (χ1n) is 16.6. The van der Waals surface area contributed by atoms with Gasteiger partial charge in [0.1, 0.15) is 6.04 Å². The van der Waals surface area contributed by atoms with Crippen molar-refractivity contribution < 1.29 is 24.9 Å². The maximum absolute atomic E-state index is 12.8. The van der Waals surface area contributed by atoms with Crippen LogP contribution in [-0.4, -0.2) is 45.9 Å². The van der Waals surface area contributed by atoms with E-state index in [1.54, 1.807) is 0 Å². The van der Waals surface area contributed by atoms with Crippen molar-refractivity contribution in [2.45, 2.75) is 131 Å². The zero-order valence-electron chi connectivity index (χ0n) is 26.6. The Kier molecular flexibility index (Phi) is 7.84. The fourth-order valence-electron chi connectivity index (χ4n) is 12.4. The van der Waals surface area contributed by atoms with E-state index < -0.39 is 17.4 Å². The molecule has 6 aliphatic rings. The molecule has 1 unspecified atom stereocenters. The van der Waals surface area contributed by atoms with Crippen LogP contribution in [0.25, 0.3) is 0 Å². The lowest BCUT2D eigenvalue weighted by atomic mass is 9.32. The van der Waals surface area contributed by atoms with Crippen LogP contribution in [0, 0.1) is 56.7 Å². The molecule has 232 valence electrons. The molecule has 6 heteroatoms. The molecular formula is C35H57NO5. The topological polar surface area (TPSA) is 107 Å². The van der Waals surface area contributed by atoms with Crippen LogP contribution in [0.5, 0.6) is 0 Å². The quantitative estimate of drug-likeness (QED) is 0.274. The number of carboxylic acids is 2. The number of hydrogen-bond donors (Lipinski definition) is 4. The predicted molar refractivity (Wildman–Crippen MR) is 161 cm³/mol. The summed E-state index contributed by atoms with van der Waals surface area (Å²) in [6.45, 7) is 19.7. The zero-order valence-corrected chi connectivity index (χ0v) is 26.6. The van der Waals surface area contributed by atoms with Gasteiger partial charge >= 0.3 is 11.9 Å². The fourth-order valence-corrected chi connectivity index (χ4v) is 12.4. The molecule has 1 aliphatic heterocycles. The Labute approximate surface area is 248 Å². The summed E-state index contributed by atoms with van der Waals surface area (Å²) in [5.74, 6) is 1.07. The predicted octanol–water partition coefficient (Wildman–Crippen LogP) is 6.91. The Morgan fingerprint density at radius 3 is 2.07 bits per heavy atom. The number of nitrogens with one attached hydrogen (secondary N) is 1. The van der Waals surface area contributed by atoms with E-state index in [0.29, 0.717) is 23.7 Å². The van der Waals surface area contributed by atoms with E-state index in [-0.39, 0.29) is 39.7 Å². The number of hydrogen-bond acceptors (Lipinski definition) is 4. The van der Waals surface area contributed by atoms with Crippen molar-refractivity contribution in [1.82, 2.24) is 5.32 Å². The summed E-state index contributed by atoms with van der Waals surface area (Å²) in [4.78, 5) is 22.9. The zero-order chi connectivity index (χ0) is 30.2. The molecule has 6 rings (SSSR count). The molecule has 0 bridgehead atoms. The van der Waals surface area contributed by atoms with Gasteiger partial charge < -0.3 is 20.6 Å². The lowest BCUT2D eigenvalue weighted by molar-refractivity contribution is -0.248. The summed E-state index contributed by atoms with van der Waals surface area (Å²) in [6.07, 6.45) is 12.2. The van der Waals surface area contributed by atoms with E-state index >= 15 is 0 Å². The van der Waals surface area contributed by atoms with Gasteiger partial charge in [-0.15, -0.1) is 0 Å². The third kappa shape index (κ3) is 4.38. The number of rotatable bonds is 3. The number of carbonyl (C=O) groups is 2. The van der Waals surface area contributed by atoms with Gasteiger partial charge in [0.2, 0.25) is 0 Å². The van der Waals surface area contributed by atoms with Crippen molar-refractivity contribution in [3.05, 3.63) is 12.2 Å². The van der Waals surface area contributed by atoms with Crippen LogP contribution in [0.4, 0.5) is 0 Å². The number of aliphatic hydroxyl groups is 1. The third-order valence-electron chi connectivity index (χ3n) is 14.8. The molecule has 0 aromatic carbocycles. The van der Waals surface area contributed by atoms with Gasteiger partial charge in [-0.1, -0.05) is 46.8 Å². The average molecular weight is 572 g/mol. The summed E-state index contributed by atoms with van der Waals surface area (Å²) in [7, 11) is 0. The smallest absolute Gasteiger partial charge is 0.320 e. The normalized spacial score (nSPS) is 49.8. The lowest BCUT2D eigenvalue weighted by Crippen LogP contribution is -2.67. The largest absolute Gasteiger partial charge is 0.481 e. The van der Waals surface area contributed by atoms with Gasteiger partial charge in [-0.2, -0.15) is 0 Å². The molecule has 1 heterocycles. The first-order chi connectivity index (χ1) is 19.1. The van der Waals surface area contributed by atoms with Gasteiger partial charge in [0.05, 0.1) is 11.5 Å². The minimum Gasteiger partial charge on any atom is -0.481 e.